The first kappa shape index (κ1) is 18.6. The predicted molar refractivity (Wildman–Crippen MR) is 115 cm³/mol. The molecule has 2 fully saturated rings. The van der Waals surface area contributed by atoms with Crippen LogP contribution in [0.1, 0.15) is 25.7 Å². The van der Waals surface area contributed by atoms with Gasteiger partial charge in [0.2, 0.25) is 0 Å². The molecule has 0 unspecified atom stereocenters. The number of ether oxygens (including phenoxy) is 1. The number of para-hydroxylation sites is 1. The Bertz CT molecular complexity index is 941. The van der Waals surface area contributed by atoms with Gasteiger partial charge in [-0.3, -0.25) is 0 Å². The minimum atomic E-state index is 0.135. The lowest BCUT2D eigenvalue weighted by atomic mass is 9.89. The number of aliphatic hydroxyl groups excluding tert-OH is 1. The van der Waals surface area contributed by atoms with E-state index in [2.05, 4.69) is 31.2 Å². The number of benzene rings is 1. The molecule has 0 radical (unpaired) electrons. The molecule has 29 heavy (non-hydrogen) atoms. The van der Waals surface area contributed by atoms with E-state index < -0.39 is 0 Å². The summed E-state index contributed by atoms with van der Waals surface area (Å²) in [5.74, 6) is 1.70. The lowest BCUT2D eigenvalue weighted by molar-refractivity contribution is 0.102. The van der Waals surface area contributed by atoms with Crippen molar-refractivity contribution < 1.29 is 9.84 Å². The van der Waals surface area contributed by atoms with Crippen LogP contribution in [0.15, 0.2) is 36.7 Å². The third-order valence-electron chi connectivity index (χ3n) is 5.72. The van der Waals surface area contributed by atoms with E-state index in [0.29, 0.717) is 17.8 Å². The van der Waals surface area contributed by atoms with Gasteiger partial charge in [-0.1, -0.05) is 23.5 Å². The Balaban J connectivity index is 1.19. The summed E-state index contributed by atoms with van der Waals surface area (Å²) in [6, 6.07) is 8.57. The van der Waals surface area contributed by atoms with Gasteiger partial charge in [-0.15, -0.1) is 0 Å². The summed E-state index contributed by atoms with van der Waals surface area (Å²) >= 11 is 1.69. The lowest BCUT2D eigenvalue weighted by Gasteiger charge is -2.37. The first-order chi connectivity index (χ1) is 14.3. The maximum atomic E-state index is 9.51. The van der Waals surface area contributed by atoms with Crippen LogP contribution in [0.25, 0.3) is 10.2 Å². The molecule has 1 saturated heterocycles. The Morgan fingerprint density at radius 3 is 2.93 bits per heavy atom. The van der Waals surface area contributed by atoms with Gasteiger partial charge in [-0.05, 0) is 30.9 Å². The Kier molecular flexibility index (Phi) is 5.20. The van der Waals surface area contributed by atoms with Gasteiger partial charge in [-0.25, -0.2) is 15.0 Å². The molecule has 0 spiro atoms. The van der Waals surface area contributed by atoms with Crippen LogP contribution in [0.3, 0.4) is 0 Å². The van der Waals surface area contributed by atoms with Crippen molar-refractivity contribution in [2.24, 2.45) is 5.92 Å². The Labute approximate surface area is 173 Å². The molecule has 5 rings (SSSR count). The van der Waals surface area contributed by atoms with Gasteiger partial charge in [0.05, 0.1) is 10.2 Å². The second-order valence-corrected chi connectivity index (χ2v) is 8.89. The molecular weight excluding hydrogens is 386 g/mol. The number of hydrogen-bond acceptors (Lipinski definition) is 8. The van der Waals surface area contributed by atoms with Crippen LogP contribution in [0.4, 0.5) is 10.9 Å². The summed E-state index contributed by atoms with van der Waals surface area (Å²) in [6.07, 6.45) is 7.49. The highest BCUT2D eigenvalue weighted by molar-refractivity contribution is 7.22. The molecule has 0 bridgehead atoms. The highest BCUT2D eigenvalue weighted by Gasteiger charge is 2.33. The number of piperidine rings is 1. The normalized spacial score (nSPS) is 24.3. The highest BCUT2D eigenvalue weighted by Crippen LogP contribution is 2.34. The van der Waals surface area contributed by atoms with Crippen LogP contribution in [-0.2, 0) is 0 Å². The minimum Gasteiger partial charge on any atom is -0.472 e. The van der Waals surface area contributed by atoms with Crippen molar-refractivity contribution in [3.8, 4) is 5.88 Å². The standard InChI is InChI=1S/C21H25N5O2S/c27-13-14-4-3-9-26(12-14)19-20(23-8-7-22-19)28-16-10-15(11-16)24-21-25-17-5-1-2-6-18(17)29-21/h1-2,5-8,14-16,27H,3-4,9-13H2,(H,24,25)/t14-,15?,16?/m0/s1. The molecule has 152 valence electrons. The second-order valence-electron chi connectivity index (χ2n) is 7.86. The van der Waals surface area contributed by atoms with Crippen molar-refractivity contribution >= 4 is 32.5 Å². The van der Waals surface area contributed by atoms with Crippen molar-refractivity contribution in [2.75, 3.05) is 29.9 Å². The van der Waals surface area contributed by atoms with E-state index in [0.717, 1.165) is 55.2 Å². The van der Waals surface area contributed by atoms with E-state index >= 15 is 0 Å². The van der Waals surface area contributed by atoms with Crippen LogP contribution < -0.4 is 15.0 Å². The van der Waals surface area contributed by atoms with Crippen molar-refractivity contribution in [1.82, 2.24) is 15.0 Å². The number of rotatable bonds is 6. The topological polar surface area (TPSA) is 83.4 Å². The summed E-state index contributed by atoms with van der Waals surface area (Å²) in [4.78, 5) is 15.8. The smallest absolute Gasteiger partial charge is 0.257 e. The minimum absolute atomic E-state index is 0.135. The summed E-state index contributed by atoms with van der Waals surface area (Å²) in [7, 11) is 0. The average molecular weight is 412 g/mol. The number of nitrogens with zero attached hydrogens (tertiary/aromatic N) is 4. The first-order valence-electron chi connectivity index (χ1n) is 10.2. The Morgan fingerprint density at radius 1 is 1.21 bits per heavy atom. The van der Waals surface area contributed by atoms with Gasteiger partial charge in [-0.2, -0.15) is 0 Å². The fourth-order valence-corrected chi connectivity index (χ4v) is 5.01. The van der Waals surface area contributed by atoms with E-state index in [1.165, 1.54) is 4.70 Å². The highest BCUT2D eigenvalue weighted by atomic mass is 32.1. The Hall–Kier alpha value is -2.45. The van der Waals surface area contributed by atoms with Crippen LogP contribution in [0.5, 0.6) is 5.88 Å². The van der Waals surface area contributed by atoms with Gasteiger partial charge in [0, 0.05) is 51.0 Å². The molecule has 3 aromatic rings. The first-order valence-corrected chi connectivity index (χ1v) is 11.1. The third kappa shape index (κ3) is 4.00. The summed E-state index contributed by atoms with van der Waals surface area (Å²) < 4.78 is 7.40. The number of anilines is 2. The molecule has 2 aliphatic rings. The van der Waals surface area contributed by atoms with Crippen molar-refractivity contribution in [3.05, 3.63) is 36.7 Å². The van der Waals surface area contributed by atoms with Gasteiger partial charge < -0.3 is 20.1 Å². The molecule has 1 saturated carbocycles. The fourth-order valence-electron chi connectivity index (χ4n) is 4.07. The zero-order valence-electron chi connectivity index (χ0n) is 16.2. The molecule has 2 N–H and O–H groups in total. The van der Waals surface area contributed by atoms with E-state index in [9.17, 15) is 5.11 Å². The maximum absolute atomic E-state index is 9.51. The molecular formula is C21H25N5O2S. The van der Waals surface area contributed by atoms with Gasteiger partial charge >= 0.3 is 0 Å². The molecule has 8 heteroatoms. The van der Waals surface area contributed by atoms with Crippen molar-refractivity contribution in [2.45, 2.75) is 37.8 Å². The van der Waals surface area contributed by atoms with Crippen LogP contribution in [0, 0.1) is 5.92 Å². The van der Waals surface area contributed by atoms with Crippen molar-refractivity contribution in [3.63, 3.8) is 0 Å². The van der Waals surface area contributed by atoms with E-state index in [-0.39, 0.29) is 12.7 Å². The third-order valence-corrected chi connectivity index (χ3v) is 6.69. The number of thiazole rings is 1. The molecule has 1 aliphatic carbocycles. The zero-order valence-corrected chi connectivity index (χ0v) is 17.0. The number of fused-ring (bicyclic) bond motifs is 1. The second kappa shape index (κ2) is 8.12. The van der Waals surface area contributed by atoms with E-state index in [4.69, 9.17) is 4.74 Å². The van der Waals surface area contributed by atoms with Crippen LogP contribution >= 0.6 is 11.3 Å². The van der Waals surface area contributed by atoms with Gasteiger partial charge in [0.1, 0.15) is 6.10 Å². The number of aromatic nitrogens is 3. The fraction of sp³-hybridized carbons (Fsp3) is 0.476. The summed E-state index contributed by atoms with van der Waals surface area (Å²) in [5, 5.41) is 14.0. The van der Waals surface area contributed by atoms with E-state index in [1.54, 1.807) is 23.7 Å². The molecule has 3 heterocycles. The zero-order chi connectivity index (χ0) is 19.6. The average Bonchev–Trinajstić information content (AvgIpc) is 3.15. The van der Waals surface area contributed by atoms with Gasteiger partial charge in [0.25, 0.3) is 5.88 Å². The molecule has 7 nitrogen and oxygen atoms in total. The van der Waals surface area contributed by atoms with Gasteiger partial charge in [0.15, 0.2) is 10.9 Å². The quantitative estimate of drug-likeness (QED) is 0.644. The molecule has 2 aromatic heterocycles. The predicted octanol–water partition coefficient (Wildman–Crippen LogP) is 3.32. The molecule has 1 atom stereocenters. The number of nitrogens with one attached hydrogen (secondary N) is 1. The molecule has 1 aromatic carbocycles. The number of hydrogen-bond donors (Lipinski definition) is 2. The summed E-state index contributed by atoms with van der Waals surface area (Å²) in [5.41, 5.74) is 1.04. The van der Waals surface area contributed by atoms with Crippen molar-refractivity contribution in [1.29, 1.82) is 0 Å². The molecule has 1 aliphatic heterocycles. The Morgan fingerprint density at radius 2 is 2.07 bits per heavy atom. The van der Waals surface area contributed by atoms with E-state index in [1.807, 2.05) is 18.2 Å². The maximum Gasteiger partial charge on any atom is 0.257 e. The SMILES string of the molecule is OC[C@H]1CCCN(c2nccnc2OC2CC(Nc3nc4ccccc4s3)C2)C1. The molecule has 0 amide bonds. The number of aliphatic hydroxyl groups is 1. The summed E-state index contributed by atoms with van der Waals surface area (Å²) in [6.45, 7) is 1.95. The monoisotopic (exact) mass is 411 g/mol. The van der Waals surface area contributed by atoms with Crippen LogP contribution in [0.2, 0.25) is 0 Å². The lowest BCUT2D eigenvalue weighted by Crippen LogP contribution is -2.43. The van der Waals surface area contributed by atoms with Crippen LogP contribution in [-0.4, -0.2) is 51.9 Å². The largest absolute Gasteiger partial charge is 0.472 e.